The van der Waals surface area contributed by atoms with E-state index in [0.717, 1.165) is 18.4 Å². The molecule has 1 aliphatic heterocycles. The first-order valence-electron chi connectivity index (χ1n) is 12.9. The van der Waals surface area contributed by atoms with E-state index in [2.05, 4.69) is 5.32 Å². The van der Waals surface area contributed by atoms with Gasteiger partial charge in [-0.2, -0.15) is 0 Å². The minimum absolute atomic E-state index is 0.0391. The third kappa shape index (κ3) is 5.97. The summed E-state index contributed by atoms with van der Waals surface area (Å²) in [6, 6.07) is 16.6. The number of benzene rings is 3. The first-order chi connectivity index (χ1) is 18.6. The van der Waals surface area contributed by atoms with Crippen LogP contribution in [0.15, 0.2) is 65.6 Å². The lowest BCUT2D eigenvalue weighted by Gasteiger charge is -2.36. The second-order valence-corrected chi connectivity index (χ2v) is 12.4. The fourth-order valence-corrected chi connectivity index (χ4v) is 6.66. The molecule has 1 N–H and O–H groups in total. The van der Waals surface area contributed by atoms with Crippen molar-refractivity contribution in [3.63, 3.8) is 0 Å². The van der Waals surface area contributed by atoms with Crippen LogP contribution in [0, 0.1) is 18.7 Å². The molecule has 0 radical (unpaired) electrons. The highest BCUT2D eigenvalue weighted by molar-refractivity contribution is 7.92. The predicted octanol–water partition coefficient (Wildman–Crippen LogP) is 6.22. The lowest BCUT2D eigenvalue weighted by atomic mass is 10.0. The Labute approximate surface area is 233 Å². The van der Waals surface area contributed by atoms with Gasteiger partial charge in [-0.15, -0.1) is 0 Å². The number of anilines is 1. The zero-order valence-electron chi connectivity index (χ0n) is 21.8. The summed E-state index contributed by atoms with van der Waals surface area (Å²) in [6.07, 6.45) is 3.62. The van der Waals surface area contributed by atoms with E-state index in [-0.39, 0.29) is 23.3 Å². The van der Waals surface area contributed by atoms with Crippen molar-refractivity contribution >= 4 is 44.9 Å². The summed E-state index contributed by atoms with van der Waals surface area (Å²) >= 11 is 6.25. The van der Waals surface area contributed by atoms with Crippen molar-refractivity contribution in [3.8, 4) is 5.75 Å². The Kier molecular flexibility index (Phi) is 7.69. The fourth-order valence-electron chi connectivity index (χ4n) is 4.74. The Morgan fingerprint density at radius 2 is 1.92 bits per heavy atom. The van der Waals surface area contributed by atoms with Crippen LogP contribution < -0.4 is 14.4 Å². The average Bonchev–Trinajstić information content (AvgIpc) is 3.74. The quantitative estimate of drug-likeness (QED) is 0.327. The first kappa shape index (κ1) is 27.2. The Morgan fingerprint density at radius 3 is 2.64 bits per heavy atom. The van der Waals surface area contributed by atoms with E-state index in [1.165, 1.54) is 10.4 Å². The van der Waals surface area contributed by atoms with Gasteiger partial charge >= 0.3 is 0 Å². The van der Waals surface area contributed by atoms with Gasteiger partial charge in [-0.25, -0.2) is 12.8 Å². The maximum Gasteiger partial charge on any atom is 0.264 e. The Hall–Kier alpha value is -3.36. The zero-order chi connectivity index (χ0) is 27.7. The number of fused-ring (bicyclic) bond motifs is 1. The highest BCUT2D eigenvalue weighted by Gasteiger charge is 2.35. The van der Waals surface area contributed by atoms with Crippen molar-refractivity contribution in [1.29, 1.82) is 0 Å². The van der Waals surface area contributed by atoms with E-state index in [9.17, 15) is 17.6 Å². The molecule has 2 aliphatic rings. The molecule has 1 amide bonds. The van der Waals surface area contributed by atoms with Crippen LogP contribution in [-0.4, -0.2) is 33.5 Å². The van der Waals surface area contributed by atoms with Crippen molar-refractivity contribution in [2.24, 2.45) is 5.92 Å². The van der Waals surface area contributed by atoms with Crippen molar-refractivity contribution in [2.45, 2.75) is 44.1 Å². The molecule has 0 bridgehead atoms. The standard InChI is InChI=1S/C30H30ClFN2O4S/c1-19-5-3-6-24(15-19)39(36,37)34-18-23(13-14-33-30(35)22-10-11-22)38-28-12-9-21(17-27(28)34)16-20(2)29-25(31)7-4-8-26(29)32/h3-9,12,15-17,22-23H,10-11,13-14,18H2,1-2H3,(H,33,35)/b20-16+/t23-/m0/s1. The van der Waals surface area contributed by atoms with Crippen LogP contribution in [0.5, 0.6) is 5.75 Å². The van der Waals surface area contributed by atoms with E-state index in [0.29, 0.717) is 46.1 Å². The highest BCUT2D eigenvalue weighted by Crippen LogP contribution is 2.39. The van der Waals surface area contributed by atoms with Crippen LogP contribution in [-0.2, 0) is 14.8 Å². The molecule has 0 aromatic heterocycles. The number of amides is 1. The molecule has 6 nitrogen and oxygen atoms in total. The van der Waals surface area contributed by atoms with Crippen molar-refractivity contribution in [3.05, 3.63) is 88.2 Å². The smallest absolute Gasteiger partial charge is 0.264 e. The van der Waals surface area contributed by atoms with Gasteiger partial charge in [0.1, 0.15) is 17.7 Å². The summed E-state index contributed by atoms with van der Waals surface area (Å²) in [7, 11) is -3.92. The summed E-state index contributed by atoms with van der Waals surface area (Å²) in [5.74, 6) is 0.134. The summed E-state index contributed by atoms with van der Waals surface area (Å²) < 4.78 is 49.8. The SMILES string of the molecule is C/C(=C\c1ccc2c(c1)N(S(=O)(=O)c1cccc(C)c1)C[C@H](CCNC(=O)C1CC1)O2)c1c(F)cccc1Cl. The molecule has 0 spiro atoms. The maximum absolute atomic E-state index is 14.5. The molecule has 0 saturated heterocycles. The van der Waals surface area contributed by atoms with Crippen LogP contribution in [0.1, 0.15) is 42.9 Å². The number of sulfonamides is 1. The van der Waals surface area contributed by atoms with Gasteiger partial charge in [0.25, 0.3) is 10.0 Å². The normalized spacial score (nSPS) is 17.4. The van der Waals surface area contributed by atoms with E-state index in [1.807, 2.05) is 13.0 Å². The van der Waals surface area contributed by atoms with Gasteiger partial charge in [-0.05, 0) is 79.8 Å². The number of hydrogen-bond donors (Lipinski definition) is 1. The molecule has 1 fully saturated rings. The molecular formula is C30H30ClFN2O4S. The molecule has 3 aromatic carbocycles. The van der Waals surface area contributed by atoms with E-state index in [4.69, 9.17) is 16.3 Å². The minimum atomic E-state index is -3.92. The van der Waals surface area contributed by atoms with E-state index >= 15 is 0 Å². The number of allylic oxidation sites excluding steroid dienone is 1. The summed E-state index contributed by atoms with van der Waals surface area (Å²) in [6.45, 7) is 4.09. The Morgan fingerprint density at radius 1 is 1.15 bits per heavy atom. The topological polar surface area (TPSA) is 75.7 Å². The van der Waals surface area contributed by atoms with Gasteiger partial charge in [0.2, 0.25) is 5.91 Å². The van der Waals surface area contributed by atoms with Crippen LogP contribution in [0.4, 0.5) is 10.1 Å². The van der Waals surface area contributed by atoms with Gasteiger partial charge in [0, 0.05) is 24.4 Å². The van der Waals surface area contributed by atoms with E-state index < -0.39 is 21.9 Å². The van der Waals surface area contributed by atoms with E-state index in [1.54, 1.807) is 61.5 Å². The van der Waals surface area contributed by atoms with Gasteiger partial charge in [-0.3, -0.25) is 9.10 Å². The van der Waals surface area contributed by atoms with Gasteiger partial charge in [0.05, 0.1) is 22.2 Å². The third-order valence-electron chi connectivity index (χ3n) is 6.95. The van der Waals surface area contributed by atoms with Gasteiger partial charge < -0.3 is 10.1 Å². The van der Waals surface area contributed by atoms with Crippen molar-refractivity contribution in [2.75, 3.05) is 17.4 Å². The van der Waals surface area contributed by atoms with Crippen LogP contribution in [0.2, 0.25) is 5.02 Å². The number of nitrogens with one attached hydrogen (secondary N) is 1. The Balaban J connectivity index is 1.48. The minimum Gasteiger partial charge on any atom is -0.486 e. The van der Waals surface area contributed by atoms with Crippen molar-refractivity contribution in [1.82, 2.24) is 5.32 Å². The Bertz CT molecular complexity index is 1530. The monoisotopic (exact) mass is 568 g/mol. The number of carbonyl (C=O) groups is 1. The number of nitrogens with zero attached hydrogens (tertiary/aromatic N) is 1. The molecule has 9 heteroatoms. The van der Waals surface area contributed by atoms with Gasteiger partial charge in [-0.1, -0.05) is 41.9 Å². The molecule has 1 aliphatic carbocycles. The molecule has 1 saturated carbocycles. The lowest BCUT2D eigenvalue weighted by Crippen LogP contribution is -2.45. The second kappa shape index (κ2) is 11.0. The number of aryl methyl sites for hydroxylation is 1. The molecular weight excluding hydrogens is 539 g/mol. The molecule has 1 heterocycles. The fraction of sp³-hybridized carbons (Fsp3) is 0.300. The van der Waals surface area contributed by atoms with Crippen molar-refractivity contribution < 1.29 is 22.3 Å². The first-order valence-corrected chi connectivity index (χ1v) is 14.8. The lowest BCUT2D eigenvalue weighted by molar-refractivity contribution is -0.122. The highest BCUT2D eigenvalue weighted by atomic mass is 35.5. The molecule has 0 unspecified atom stereocenters. The van der Waals surface area contributed by atoms with Crippen LogP contribution in [0.3, 0.4) is 0 Å². The number of carbonyl (C=O) groups excluding carboxylic acids is 1. The average molecular weight is 569 g/mol. The number of rotatable bonds is 8. The van der Waals surface area contributed by atoms with Crippen LogP contribution in [0.25, 0.3) is 11.6 Å². The third-order valence-corrected chi connectivity index (χ3v) is 9.04. The predicted molar refractivity (Wildman–Crippen MR) is 152 cm³/mol. The molecule has 3 aromatic rings. The number of hydrogen-bond acceptors (Lipinski definition) is 4. The number of ether oxygens (including phenoxy) is 1. The molecule has 39 heavy (non-hydrogen) atoms. The van der Waals surface area contributed by atoms with Gasteiger partial charge in [0.15, 0.2) is 0 Å². The maximum atomic E-state index is 14.5. The summed E-state index contributed by atoms with van der Waals surface area (Å²) in [5.41, 5.74) is 2.81. The summed E-state index contributed by atoms with van der Waals surface area (Å²) in [4.78, 5) is 12.2. The molecule has 5 rings (SSSR count). The largest absolute Gasteiger partial charge is 0.486 e. The number of halogens is 2. The second-order valence-electron chi connectivity index (χ2n) is 10.1. The molecule has 204 valence electrons. The molecule has 1 atom stereocenters. The van der Waals surface area contributed by atoms with Crippen LogP contribution >= 0.6 is 11.6 Å². The summed E-state index contributed by atoms with van der Waals surface area (Å²) in [5, 5.41) is 3.22. The zero-order valence-corrected chi connectivity index (χ0v) is 23.4.